The number of amides is 1. The first kappa shape index (κ1) is 14.1. The lowest BCUT2D eigenvalue weighted by molar-refractivity contribution is -0.122. The Hall–Kier alpha value is -1.35. The molecular weight excluding hydrogens is 236 g/mol. The Kier molecular flexibility index (Phi) is 5.40. The molecule has 104 valence electrons. The van der Waals surface area contributed by atoms with Gasteiger partial charge in [-0.15, -0.1) is 0 Å². The van der Waals surface area contributed by atoms with Gasteiger partial charge >= 0.3 is 0 Å². The fourth-order valence-corrected chi connectivity index (χ4v) is 2.64. The number of rotatable bonds is 5. The van der Waals surface area contributed by atoms with Crippen molar-refractivity contribution in [3.05, 3.63) is 35.9 Å². The summed E-state index contributed by atoms with van der Waals surface area (Å²) in [5.41, 5.74) is 1.16. The lowest BCUT2D eigenvalue weighted by atomic mass is 9.94. The maximum absolute atomic E-state index is 11.9. The molecule has 0 aromatic heterocycles. The van der Waals surface area contributed by atoms with Crippen LogP contribution in [0.1, 0.15) is 44.2 Å². The van der Waals surface area contributed by atoms with E-state index in [9.17, 15) is 4.79 Å². The third-order valence-electron chi connectivity index (χ3n) is 3.86. The highest BCUT2D eigenvalue weighted by Crippen LogP contribution is 2.17. The third kappa shape index (κ3) is 4.67. The molecule has 0 aliphatic carbocycles. The normalized spacial score (nSPS) is 20.8. The van der Waals surface area contributed by atoms with Gasteiger partial charge in [0.05, 0.1) is 6.04 Å². The van der Waals surface area contributed by atoms with Crippen molar-refractivity contribution in [2.24, 2.45) is 5.92 Å². The molecule has 1 saturated heterocycles. The Balaban J connectivity index is 1.71. The molecule has 0 radical (unpaired) electrons. The van der Waals surface area contributed by atoms with Crippen LogP contribution < -0.4 is 10.6 Å². The van der Waals surface area contributed by atoms with Crippen LogP contribution in [0.4, 0.5) is 0 Å². The zero-order chi connectivity index (χ0) is 13.5. The third-order valence-corrected chi connectivity index (χ3v) is 3.86. The van der Waals surface area contributed by atoms with E-state index in [1.54, 1.807) is 0 Å². The maximum atomic E-state index is 11.9. The summed E-state index contributed by atoms with van der Waals surface area (Å²) < 4.78 is 0. The molecule has 19 heavy (non-hydrogen) atoms. The molecule has 0 spiro atoms. The SMILES string of the molecule is C[C@@H](NC(=O)CCC1CCCNC1)c1ccccc1. The topological polar surface area (TPSA) is 41.1 Å². The van der Waals surface area contributed by atoms with Crippen LogP contribution in [0.5, 0.6) is 0 Å². The number of hydrogen-bond acceptors (Lipinski definition) is 2. The van der Waals surface area contributed by atoms with E-state index in [4.69, 9.17) is 0 Å². The molecule has 1 aliphatic heterocycles. The molecule has 3 nitrogen and oxygen atoms in total. The molecule has 2 rings (SSSR count). The number of nitrogens with one attached hydrogen (secondary N) is 2. The number of benzene rings is 1. The van der Waals surface area contributed by atoms with Crippen LogP contribution in [0.2, 0.25) is 0 Å². The first-order valence-corrected chi connectivity index (χ1v) is 7.30. The van der Waals surface area contributed by atoms with E-state index in [-0.39, 0.29) is 11.9 Å². The molecule has 1 heterocycles. The molecule has 1 unspecified atom stereocenters. The summed E-state index contributed by atoms with van der Waals surface area (Å²) in [6.45, 7) is 4.24. The Bertz CT molecular complexity index is 385. The molecule has 1 aliphatic rings. The molecule has 0 bridgehead atoms. The van der Waals surface area contributed by atoms with E-state index in [2.05, 4.69) is 22.8 Å². The summed E-state index contributed by atoms with van der Waals surface area (Å²) in [6.07, 6.45) is 4.14. The first-order valence-electron chi connectivity index (χ1n) is 7.30. The smallest absolute Gasteiger partial charge is 0.220 e. The van der Waals surface area contributed by atoms with E-state index in [1.165, 1.54) is 12.8 Å². The Morgan fingerprint density at radius 3 is 2.89 bits per heavy atom. The van der Waals surface area contributed by atoms with Gasteiger partial charge in [-0.3, -0.25) is 4.79 Å². The fraction of sp³-hybridized carbons (Fsp3) is 0.562. The predicted octanol–water partition coefficient (Wildman–Crippen LogP) is 2.64. The van der Waals surface area contributed by atoms with Crippen LogP contribution in [0.25, 0.3) is 0 Å². The highest BCUT2D eigenvalue weighted by molar-refractivity contribution is 5.76. The van der Waals surface area contributed by atoms with Crippen LogP contribution in [0.3, 0.4) is 0 Å². The molecule has 1 fully saturated rings. The van der Waals surface area contributed by atoms with Gasteiger partial charge in [0.2, 0.25) is 5.91 Å². The van der Waals surface area contributed by atoms with Crippen molar-refractivity contribution in [2.45, 2.75) is 38.6 Å². The highest BCUT2D eigenvalue weighted by atomic mass is 16.1. The molecule has 1 aromatic carbocycles. The van der Waals surface area contributed by atoms with E-state index < -0.39 is 0 Å². The van der Waals surface area contributed by atoms with Crippen LogP contribution in [0, 0.1) is 5.92 Å². The van der Waals surface area contributed by atoms with Gasteiger partial charge in [0.15, 0.2) is 0 Å². The average Bonchev–Trinajstić information content (AvgIpc) is 2.47. The van der Waals surface area contributed by atoms with Crippen molar-refractivity contribution in [3.63, 3.8) is 0 Å². The zero-order valence-corrected chi connectivity index (χ0v) is 11.7. The van der Waals surface area contributed by atoms with Crippen molar-refractivity contribution in [2.75, 3.05) is 13.1 Å². The molecular formula is C16H24N2O. The number of carbonyl (C=O) groups is 1. The minimum Gasteiger partial charge on any atom is -0.350 e. The summed E-state index contributed by atoms with van der Waals surface area (Å²) in [7, 11) is 0. The van der Waals surface area contributed by atoms with Gasteiger partial charge in [0.25, 0.3) is 0 Å². The van der Waals surface area contributed by atoms with Crippen molar-refractivity contribution in [1.82, 2.24) is 10.6 Å². The van der Waals surface area contributed by atoms with Gasteiger partial charge in [-0.05, 0) is 50.8 Å². The zero-order valence-electron chi connectivity index (χ0n) is 11.7. The van der Waals surface area contributed by atoms with Crippen LogP contribution >= 0.6 is 0 Å². The lowest BCUT2D eigenvalue weighted by Gasteiger charge is -2.22. The molecule has 2 atom stereocenters. The largest absolute Gasteiger partial charge is 0.350 e. The quantitative estimate of drug-likeness (QED) is 0.854. The Morgan fingerprint density at radius 2 is 2.21 bits per heavy atom. The number of carbonyl (C=O) groups excluding carboxylic acids is 1. The minimum atomic E-state index is 0.0955. The summed E-state index contributed by atoms with van der Waals surface area (Å²) in [6, 6.07) is 10.2. The van der Waals surface area contributed by atoms with Crippen molar-refractivity contribution in [3.8, 4) is 0 Å². The minimum absolute atomic E-state index is 0.0955. The van der Waals surface area contributed by atoms with Gasteiger partial charge in [0, 0.05) is 6.42 Å². The molecule has 2 N–H and O–H groups in total. The highest BCUT2D eigenvalue weighted by Gasteiger charge is 2.15. The van der Waals surface area contributed by atoms with Gasteiger partial charge < -0.3 is 10.6 Å². The summed E-state index contributed by atoms with van der Waals surface area (Å²) >= 11 is 0. The van der Waals surface area contributed by atoms with Crippen molar-refractivity contribution in [1.29, 1.82) is 0 Å². The number of piperidine rings is 1. The summed E-state index contributed by atoms with van der Waals surface area (Å²) in [5.74, 6) is 0.841. The van der Waals surface area contributed by atoms with Gasteiger partial charge in [-0.25, -0.2) is 0 Å². The van der Waals surface area contributed by atoms with Crippen LogP contribution in [-0.2, 0) is 4.79 Å². The molecule has 0 saturated carbocycles. The van der Waals surface area contributed by atoms with E-state index in [0.717, 1.165) is 25.1 Å². The van der Waals surface area contributed by atoms with Crippen molar-refractivity contribution >= 4 is 5.91 Å². The maximum Gasteiger partial charge on any atom is 0.220 e. The van der Waals surface area contributed by atoms with E-state index in [1.807, 2.05) is 25.1 Å². The van der Waals surface area contributed by atoms with Crippen molar-refractivity contribution < 1.29 is 4.79 Å². The monoisotopic (exact) mass is 260 g/mol. The fourth-order valence-electron chi connectivity index (χ4n) is 2.64. The second-order valence-electron chi connectivity index (χ2n) is 5.45. The van der Waals surface area contributed by atoms with Gasteiger partial charge in [-0.2, -0.15) is 0 Å². The molecule has 1 aromatic rings. The summed E-state index contributed by atoms with van der Waals surface area (Å²) in [4.78, 5) is 11.9. The molecule has 3 heteroatoms. The van der Waals surface area contributed by atoms with E-state index in [0.29, 0.717) is 12.3 Å². The van der Waals surface area contributed by atoms with Gasteiger partial charge in [0.1, 0.15) is 0 Å². The second kappa shape index (κ2) is 7.29. The second-order valence-corrected chi connectivity index (χ2v) is 5.45. The molecule has 1 amide bonds. The Morgan fingerprint density at radius 1 is 1.42 bits per heavy atom. The standard InChI is InChI=1S/C16H24N2O/c1-13(15-7-3-2-4-8-15)18-16(19)10-9-14-6-5-11-17-12-14/h2-4,7-8,13-14,17H,5-6,9-12H2,1H3,(H,18,19)/t13-,14?/m1/s1. The first-order chi connectivity index (χ1) is 9.25. The van der Waals surface area contributed by atoms with Crippen LogP contribution in [0.15, 0.2) is 30.3 Å². The van der Waals surface area contributed by atoms with Crippen LogP contribution in [-0.4, -0.2) is 19.0 Å². The number of hydrogen-bond donors (Lipinski definition) is 2. The lowest BCUT2D eigenvalue weighted by Crippen LogP contribution is -2.31. The van der Waals surface area contributed by atoms with E-state index >= 15 is 0 Å². The predicted molar refractivity (Wildman–Crippen MR) is 77.8 cm³/mol. The summed E-state index contributed by atoms with van der Waals surface area (Å²) in [5, 5.41) is 6.47. The Labute approximate surface area is 115 Å². The average molecular weight is 260 g/mol. The van der Waals surface area contributed by atoms with Gasteiger partial charge in [-0.1, -0.05) is 30.3 Å².